The van der Waals surface area contributed by atoms with Gasteiger partial charge in [0.15, 0.2) is 0 Å². The second kappa shape index (κ2) is 23.7. The van der Waals surface area contributed by atoms with Gasteiger partial charge in [0.05, 0.1) is 11.9 Å². The van der Waals surface area contributed by atoms with Crippen LogP contribution in [-0.4, -0.2) is 45.0 Å². The van der Waals surface area contributed by atoms with Gasteiger partial charge in [-0.1, -0.05) is 79.1 Å². The number of hydrogen-bond donors (Lipinski definition) is 2. The van der Waals surface area contributed by atoms with Crippen LogP contribution in [-0.2, 0) is 9.59 Å². The van der Waals surface area contributed by atoms with E-state index in [2.05, 4.69) is 57.9 Å². The minimum absolute atomic E-state index is 0.486. The predicted octanol–water partition coefficient (Wildman–Crippen LogP) is 3.49. The van der Waals surface area contributed by atoms with Crippen LogP contribution in [0.15, 0.2) is 0 Å². The first-order chi connectivity index (χ1) is 13.2. The molecule has 0 saturated carbocycles. The zero-order valence-electron chi connectivity index (χ0n) is 18.4. The quantitative estimate of drug-likeness (QED) is 0.261. The number of carbonyl (C=O) groups excluding carboxylic acids is 2. The Kier molecular flexibility index (Phi) is 28.0. The second-order valence-corrected chi connectivity index (χ2v) is 8.22. The van der Waals surface area contributed by atoms with Crippen molar-refractivity contribution in [2.45, 2.75) is 107 Å². The summed E-state index contributed by atoms with van der Waals surface area (Å²) in [6.07, 6.45) is 10.2. The van der Waals surface area contributed by atoms with Crippen LogP contribution in [0.3, 0.4) is 0 Å². The summed E-state index contributed by atoms with van der Waals surface area (Å²) < 4.78 is 0. The Morgan fingerprint density at radius 2 is 1.04 bits per heavy atom. The zero-order chi connectivity index (χ0) is 22.5. The van der Waals surface area contributed by atoms with Crippen LogP contribution in [0.4, 0.5) is 0 Å². The summed E-state index contributed by atoms with van der Waals surface area (Å²) in [6.45, 7) is 8.47. The molecule has 28 heavy (non-hydrogen) atoms. The van der Waals surface area contributed by atoms with Gasteiger partial charge in [0, 0.05) is 10.5 Å². The van der Waals surface area contributed by atoms with Crippen LogP contribution >= 0.6 is 25.3 Å². The second-order valence-electron chi connectivity index (χ2n) is 6.97. The summed E-state index contributed by atoms with van der Waals surface area (Å²) in [5.74, 6) is -1.11. The van der Waals surface area contributed by atoms with Gasteiger partial charge in [-0.3, -0.25) is 0 Å². The van der Waals surface area contributed by atoms with E-state index in [0.29, 0.717) is 24.7 Å². The normalized spacial score (nSPS) is 14.4. The molecule has 165 valence electrons. The Morgan fingerprint density at radius 3 is 1.21 bits per heavy atom. The first-order valence-electron chi connectivity index (χ1n) is 10.5. The predicted molar refractivity (Wildman–Crippen MR) is 123 cm³/mol. The molecule has 0 aliphatic rings. The molecule has 0 heterocycles. The van der Waals surface area contributed by atoms with Crippen molar-refractivity contribution >= 4 is 59.7 Å². The molecule has 0 amide bonds. The molecule has 0 aromatic carbocycles. The number of carboxylic acid groups (broad SMARTS) is 2. The van der Waals surface area contributed by atoms with Crippen LogP contribution < -0.4 is 10.2 Å². The van der Waals surface area contributed by atoms with Gasteiger partial charge in [-0.25, -0.2) is 0 Å². The van der Waals surface area contributed by atoms with E-state index in [1.807, 2.05) is 0 Å². The molecule has 1 radical (unpaired) electrons. The molecule has 0 aliphatic carbocycles. The third-order valence-corrected chi connectivity index (χ3v) is 5.59. The fourth-order valence-corrected chi connectivity index (χ4v) is 3.38. The van der Waals surface area contributed by atoms with Gasteiger partial charge >= 0.3 is 27.5 Å². The zero-order valence-corrected chi connectivity index (χ0v) is 23.1. The summed E-state index contributed by atoms with van der Waals surface area (Å²) in [6, 6.07) is 0. The van der Waals surface area contributed by atoms with Gasteiger partial charge in [-0.15, -0.1) is 0 Å². The summed E-state index contributed by atoms with van der Waals surface area (Å²) in [5, 5.41) is 19.7. The van der Waals surface area contributed by atoms with Crippen molar-refractivity contribution < 1.29 is 19.8 Å². The SMILES string of the molecule is CCCCC(CC)CC(S)C(=O)[O-].CCCCC(CC)CC(S)C(=O)[O-].[CH3][Sn+2]. The summed E-state index contributed by atoms with van der Waals surface area (Å²) in [4.78, 5) is 23.0. The van der Waals surface area contributed by atoms with Crippen molar-refractivity contribution in [2.75, 3.05) is 0 Å². The van der Waals surface area contributed by atoms with Crippen LogP contribution in [0.5, 0.6) is 0 Å². The molecule has 0 fully saturated rings. The minimum atomic E-state index is -1.04. The van der Waals surface area contributed by atoms with E-state index < -0.39 is 22.4 Å². The maximum atomic E-state index is 10.4. The van der Waals surface area contributed by atoms with Crippen LogP contribution in [0.2, 0.25) is 4.94 Å². The van der Waals surface area contributed by atoms with Gasteiger partial charge in [0.1, 0.15) is 0 Å². The van der Waals surface area contributed by atoms with Crippen LogP contribution in [0.1, 0.15) is 91.9 Å². The van der Waals surface area contributed by atoms with Crippen molar-refractivity contribution in [3.8, 4) is 0 Å². The maximum absolute atomic E-state index is 10.4. The number of aliphatic carboxylic acids is 2. The molecule has 0 aromatic rings. The van der Waals surface area contributed by atoms with Gasteiger partial charge in [-0.2, -0.15) is 25.3 Å². The van der Waals surface area contributed by atoms with Crippen LogP contribution in [0.25, 0.3) is 0 Å². The fraction of sp³-hybridized carbons (Fsp3) is 0.905. The molecule has 4 unspecified atom stereocenters. The van der Waals surface area contributed by atoms with E-state index >= 15 is 0 Å². The van der Waals surface area contributed by atoms with Gasteiger partial charge < -0.3 is 19.8 Å². The first kappa shape index (κ1) is 33.1. The standard InChI is InChI=1S/2C10H20O2S.CH3.Sn/c2*1-3-5-6-8(4-2)7-9(13)10(11)12;;/h2*8-9,13H,3-7H2,1-2H3,(H,11,12);1H3;/q;;;+2/p-2. The van der Waals surface area contributed by atoms with Gasteiger partial charge in [0.25, 0.3) is 0 Å². The molecule has 0 aromatic heterocycles. The number of carboxylic acids is 2. The Morgan fingerprint density at radius 1 is 0.750 bits per heavy atom. The average Bonchev–Trinajstić information content (AvgIpc) is 2.69. The van der Waals surface area contributed by atoms with E-state index in [0.717, 1.165) is 25.7 Å². The van der Waals surface area contributed by atoms with Crippen molar-refractivity contribution in [1.29, 1.82) is 0 Å². The van der Waals surface area contributed by atoms with Gasteiger partial charge in [0.2, 0.25) is 0 Å². The Balaban J connectivity index is -0.000000410. The molecule has 0 spiro atoms. The average molecular weight is 540 g/mol. The van der Waals surface area contributed by atoms with Crippen LogP contribution in [0, 0.1) is 11.8 Å². The van der Waals surface area contributed by atoms with Crippen molar-refractivity contribution in [3.63, 3.8) is 0 Å². The molecule has 0 aliphatic heterocycles. The Bertz CT molecular complexity index is 336. The number of hydrogen-bond acceptors (Lipinski definition) is 6. The Hall–Kier alpha value is 0.439. The molecule has 0 N–H and O–H groups in total. The van der Waals surface area contributed by atoms with Crippen molar-refractivity contribution in [2.24, 2.45) is 11.8 Å². The van der Waals surface area contributed by atoms with E-state index in [-0.39, 0.29) is 0 Å². The van der Waals surface area contributed by atoms with E-state index in [1.165, 1.54) is 25.7 Å². The van der Waals surface area contributed by atoms with E-state index in [9.17, 15) is 19.8 Å². The Labute approximate surface area is 197 Å². The molecule has 0 bridgehead atoms. The molecular formula is C21H41O4S2Sn. The number of rotatable bonds is 14. The van der Waals surface area contributed by atoms with Crippen molar-refractivity contribution in [3.05, 3.63) is 0 Å². The summed E-state index contributed by atoms with van der Waals surface area (Å²) in [7, 11) is 0. The third kappa shape index (κ3) is 21.2. The number of unbranched alkanes of at least 4 members (excludes halogenated alkanes) is 2. The number of thiol groups is 2. The molecule has 0 rings (SSSR count). The fourth-order valence-electron chi connectivity index (χ4n) is 2.79. The van der Waals surface area contributed by atoms with E-state index in [4.69, 9.17) is 0 Å². The third-order valence-electron chi connectivity index (χ3n) is 4.74. The van der Waals surface area contributed by atoms with Gasteiger partial charge in [-0.05, 0) is 24.7 Å². The molecule has 0 saturated heterocycles. The monoisotopic (exact) mass is 541 g/mol. The first-order valence-corrected chi connectivity index (χ1v) is 14.4. The molecular weight excluding hydrogens is 499 g/mol. The molecule has 7 heteroatoms. The summed E-state index contributed by atoms with van der Waals surface area (Å²) in [5.41, 5.74) is 0. The number of carbonyl (C=O) groups is 2. The molecule has 4 atom stereocenters. The topological polar surface area (TPSA) is 80.3 Å². The summed E-state index contributed by atoms with van der Waals surface area (Å²) >= 11 is 9.51. The molecule has 4 nitrogen and oxygen atoms in total. The van der Waals surface area contributed by atoms with E-state index in [1.54, 1.807) is 22.5 Å². The van der Waals surface area contributed by atoms with Crippen molar-refractivity contribution in [1.82, 2.24) is 0 Å².